The molecule has 0 spiro atoms. The van der Waals surface area contributed by atoms with Gasteiger partial charge in [-0.25, -0.2) is 0 Å². The topological polar surface area (TPSA) is 42.0 Å². The molecule has 1 saturated heterocycles. The summed E-state index contributed by atoms with van der Waals surface area (Å²) in [7, 11) is 0. The number of nitrogens with one attached hydrogen (secondary N) is 1. The minimum absolute atomic E-state index is 0.0480. The van der Waals surface area contributed by atoms with Crippen molar-refractivity contribution in [3.05, 3.63) is 47.8 Å². The third-order valence-corrected chi connectivity index (χ3v) is 3.61. The molecule has 0 amide bonds. The third kappa shape index (κ3) is 2.14. The molecule has 5 heteroatoms. The summed E-state index contributed by atoms with van der Waals surface area (Å²) in [5, 5.41) is 3.88. The summed E-state index contributed by atoms with van der Waals surface area (Å²) in [6, 6.07) is 9.86. The zero-order valence-electron chi connectivity index (χ0n) is 9.21. The fraction of sp³-hybridized carbons (Fsp3) is 0. The van der Waals surface area contributed by atoms with Crippen LogP contribution in [0.1, 0.15) is 5.56 Å². The summed E-state index contributed by atoms with van der Waals surface area (Å²) in [5.74, 6) is 0. The van der Waals surface area contributed by atoms with E-state index in [1.807, 2.05) is 30.3 Å². The van der Waals surface area contributed by atoms with Crippen LogP contribution in [0, 0.1) is 0 Å². The minimum atomic E-state index is -0.0480. The van der Waals surface area contributed by atoms with Gasteiger partial charge in [-0.15, -0.1) is 0 Å². The number of fused-ring (bicyclic) bond motifs is 1. The van der Waals surface area contributed by atoms with Gasteiger partial charge in [-0.3, -0.25) is 9.78 Å². The van der Waals surface area contributed by atoms with Crippen LogP contribution in [-0.4, -0.2) is 14.4 Å². The number of hydrogen-bond donors (Lipinski definition) is 1. The number of thioether (sulfide) groups is 1. The molecule has 1 aromatic carbocycles. The second kappa shape index (κ2) is 4.51. The van der Waals surface area contributed by atoms with Crippen molar-refractivity contribution in [2.75, 3.05) is 0 Å². The van der Waals surface area contributed by atoms with Gasteiger partial charge >= 0.3 is 0 Å². The number of nitrogens with zero attached hydrogens (tertiary/aromatic N) is 1. The number of carbonyl (C=O) groups is 1. The van der Waals surface area contributed by atoms with Gasteiger partial charge in [0.2, 0.25) is 5.12 Å². The Morgan fingerprint density at radius 1 is 1.33 bits per heavy atom. The molecular formula is C13H8N2OS2. The van der Waals surface area contributed by atoms with E-state index in [9.17, 15) is 4.79 Å². The first kappa shape index (κ1) is 11.4. The Morgan fingerprint density at radius 2 is 2.17 bits per heavy atom. The van der Waals surface area contributed by atoms with Gasteiger partial charge in [-0.05, 0) is 35.5 Å². The van der Waals surface area contributed by atoms with E-state index in [1.165, 1.54) is 0 Å². The number of hydrogen-bond acceptors (Lipinski definition) is 4. The number of thiocarbonyl (C=S) groups is 1. The molecule has 0 saturated carbocycles. The van der Waals surface area contributed by atoms with Gasteiger partial charge < -0.3 is 5.32 Å². The maximum atomic E-state index is 11.6. The Kier molecular flexibility index (Phi) is 2.85. The lowest BCUT2D eigenvalue weighted by molar-refractivity contribution is -0.107. The van der Waals surface area contributed by atoms with Crippen molar-refractivity contribution >= 4 is 50.4 Å². The maximum absolute atomic E-state index is 11.6. The molecule has 18 heavy (non-hydrogen) atoms. The van der Waals surface area contributed by atoms with Crippen LogP contribution in [0.15, 0.2) is 42.2 Å². The van der Waals surface area contributed by atoms with Crippen LogP contribution < -0.4 is 5.32 Å². The molecule has 0 unspecified atom stereocenters. The summed E-state index contributed by atoms with van der Waals surface area (Å²) in [6.07, 6.45) is 3.52. The van der Waals surface area contributed by atoms with Crippen LogP contribution in [0.4, 0.5) is 0 Å². The quantitative estimate of drug-likeness (QED) is 0.638. The van der Waals surface area contributed by atoms with E-state index >= 15 is 0 Å². The summed E-state index contributed by atoms with van der Waals surface area (Å²) >= 11 is 5.99. The first-order valence-electron chi connectivity index (χ1n) is 5.32. The number of benzene rings is 1. The summed E-state index contributed by atoms with van der Waals surface area (Å²) < 4.78 is 0.500. The average molecular weight is 272 g/mol. The normalized spacial score (nSPS) is 17.4. The highest BCUT2D eigenvalue weighted by molar-refractivity contribution is 8.33. The molecular weight excluding hydrogens is 264 g/mol. The van der Waals surface area contributed by atoms with Crippen LogP contribution in [0.2, 0.25) is 0 Å². The number of para-hydroxylation sites is 1. The zero-order chi connectivity index (χ0) is 12.5. The van der Waals surface area contributed by atoms with Gasteiger partial charge in [0.25, 0.3) is 0 Å². The van der Waals surface area contributed by atoms with Crippen LogP contribution in [0.25, 0.3) is 17.0 Å². The van der Waals surface area contributed by atoms with Gasteiger partial charge in [-0.1, -0.05) is 30.4 Å². The Morgan fingerprint density at radius 3 is 2.94 bits per heavy atom. The van der Waals surface area contributed by atoms with Crippen molar-refractivity contribution in [3.8, 4) is 0 Å². The second-order valence-electron chi connectivity index (χ2n) is 3.82. The molecule has 88 valence electrons. The van der Waals surface area contributed by atoms with E-state index in [0.29, 0.717) is 10.0 Å². The minimum Gasteiger partial charge on any atom is -0.337 e. The largest absolute Gasteiger partial charge is 0.337 e. The van der Waals surface area contributed by atoms with Crippen LogP contribution in [0.3, 0.4) is 0 Å². The highest BCUT2D eigenvalue weighted by atomic mass is 32.2. The Labute approximate surface area is 113 Å². The van der Waals surface area contributed by atoms with E-state index in [4.69, 9.17) is 12.2 Å². The summed E-state index contributed by atoms with van der Waals surface area (Å²) in [5.41, 5.74) is 2.34. The molecule has 0 aliphatic carbocycles. The molecule has 1 aliphatic rings. The van der Waals surface area contributed by atoms with E-state index in [2.05, 4.69) is 10.3 Å². The fourth-order valence-electron chi connectivity index (χ4n) is 1.75. The van der Waals surface area contributed by atoms with E-state index in [0.717, 1.165) is 28.2 Å². The number of carbonyl (C=O) groups excluding carboxylic acids is 1. The van der Waals surface area contributed by atoms with Crippen molar-refractivity contribution in [1.82, 2.24) is 10.3 Å². The number of pyridine rings is 1. The van der Waals surface area contributed by atoms with Crippen molar-refractivity contribution in [2.24, 2.45) is 0 Å². The monoisotopic (exact) mass is 272 g/mol. The second-order valence-corrected chi connectivity index (χ2v) is 5.47. The highest BCUT2D eigenvalue weighted by Crippen LogP contribution is 2.22. The van der Waals surface area contributed by atoms with Gasteiger partial charge in [0.15, 0.2) is 0 Å². The molecule has 2 aromatic rings. The molecule has 1 aromatic heterocycles. The van der Waals surface area contributed by atoms with Gasteiger partial charge in [0.05, 0.1) is 11.2 Å². The van der Waals surface area contributed by atoms with E-state index in [1.54, 1.807) is 12.3 Å². The number of aromatic nitrogens is 1. The first-order chi connectivity index (χ1) is 8.72. The van der Waals surface area contributed by atoms with Gasteiger partial charge in [-0.2, -0.15) is 0 Å². The molecule has 1 N–H and O–H groups in total. The van der Waals surface area contributed by atoms with Crippen molar-refractivity contribution in [1.29, 1.82) is 0 Å². The lowest BCUT2D eigenvalue weighted by atomic mass is 10.1. The summed E-state index contributed by atoms with van der Waals surface area (Å²) in [6.45, 7) is 0. The average Bonchev–Trinajstić information content (AvgIpc) is 2.68. The van der Waals surface area contributed by atoms with Gasteiger partial charge in [0, 0.05) is 11.6 Å². The molecule has 3 rings (SSSR count). The lowest BCUT2D eigenvalue weighted by Crippen LogP contribution is -2.10. The van der Waals surface area contributed by atoms with Crippen molar-refractivity contribution in [2.45, 2.75) is 0 Å². The summed E-state index contributed by atoms with van der Waals surface area (Å²) in [4.78, 5) is 15.9. The standard InChI is InChI=1S/C13H8N2OS2/c16-12-11(15-13(17)18-12)6-8-5-9-3-1-2-4-10(9)14-7-8/h1-7H,(H,15,17). The van der Waals surface area contributed by atoms with E-state index < -0.39 is 0 Å². The molecule has 1 fully saturated rings. The molecule has 0 radical (unpaired) electrons. The smallest absolute Gasteiger partial charge is 0.242 e. The zero-order valence-corrected chi connectivity index (χ0v) is 10.8. The van der Waals surface area contributed by atoms with Crippen LogP contribution in [-0.2, 0) is 4.79 Å². The number of rotatable bonds is 1. The molecule has 1 aliphatic heterocycles. The molecule has 3 nitrogen and oxygen atoms in total. The first-order valence-corrected chi connectivity index (χ1v) is 6.54. The predicted octanol–water partition coefficient (Wildman–Crippen LogP) is 2.72. The van der Waals surface area contributed by atoms with Crippen LogP contribution >= 0.6 is 24.0 Å². The third-order valence-electron chi connectivity index (χ3n) is 2.56. The Hall–Kier alpha value is -1.72. The molecule has 0 atom stereocenters. The maximum Gasteiger partial charge on any atom is 0.242 e. The SMILES string of the molecule is O=C1SC(=S)NC1=Cc1cnc2ccccc2c1. The van der Waals surface area contributed by atoms with Gasteiger partial charge in [0.1, 0.15) is 4.32 Å². The molecule has 0 bridgehead atoms. The van der Waals surface area contributed by atoms with Crippen molar-refractivity contribution < 1.29 is 4.79 Å². The van der Waals surface area contributed by atoms with Crippen LogP contribution in [0.5, 0.6) is 0 Å². The fourth-order valence-corrected chi connectivity index (χ4v) is 2.64. The Balaban J connectivity index is 2.02. The lowest BCUT2D eigenvalue weighted by Gasteiger charge is -2.00. The van der Waals surface area contributed by atoms with Crippen molar-refractivity contribution in [3.63, 3.8) is 0 Å². The van der Waals surface area contributed by atoms with E-state index in [-0.39, 0.29) is 5.12 Å². The highest BCUT2D eigenvalue weighted by Gasteiger charge is 2.22. The predicted molar refractivity (Wildman–Crippen MR) is 78.1 cm³/mol. The Bertz CT molecular complexity index is 694. The molecule has 2 heterocycles.